The molecule has 3 heteroatoms. The Labute approximate surface area is 153 Å². The van der Waals surface area contributed by atoms with E-state index in [1.165, 1.54) is 57.8 Å². The molecule has 1 aliphatic carbocycles. The third-order valence-electron chi connectivity index (χ3n) is 5.86. The van der Waals surface area contributed by atoms with Crippen LogP contribution in [-0.4, -0.2) is 36.5 Å². The van der Waals surface area contributed by atoms with Crippen molar-refractivity contribution in [2.45, 2.75) is 77.2 Å². The van der Waals surface area contributed by atoms with E-state index in [1.54, 1.807) is 0 Å². The van der Waals surface area contributed by atoms with Gasteiger partial charge in [0.25, 0.3) is 5.91 Å². The van der Waals surface area contributed by atoms with E-state index in [0.29, 0.717) is 6.04 Å². The first-order valence-corrected chi connectivity index (χ1v) is 10.5. The van der Waals surface area contributed by atoms with Crippen LogP contribution < -0.4 is 4.90 Å². The molecule has 0 N–H and O–H groups in total. The molecule has 1 heterocycles. The molecule has 1 aromatic carbocycles. The molecule has 3 nitrogen and oxygen atoms in total. The zero-order valence-electron chi connectivity index (χ0n) is 15.9. The summed E-state index contributed by atoms with van der Waals surface area (Å²) in [6.45, 7) is 5.33. The monoisotopic (exact) mass is 342 g/mol. The molecule has 1 amide bonds. The third kappa shape index (κ3) is 4.56. The van der Waals surface area contributed by atoms with Crippen molar-refractivity contribution in [3.05, 3.63) is 29.8 Å². The van der Waals surface area contributed by atoms with Gasteiger partial charge in [0.2, 0.25) is 0 Å². The zero-order valence-corrected chi connectivity index (χ0v) is 15.9. The average Bonchev–Trinajstić information content (AvgIpc) is 3.20. The van der Waals surface area contributed by atoms with E-state index in [9.17, 15) is 4.79 Å². The second-order valence-electron chi connectivity index (χ2n) is 7.71. The largest absolute Gasteiger partial charge is 0.371 e. The first kappa shape index (κ1) is 18.3. The topological polar surface area (TPSA) is 23.6 Å². The average molecular weight is 343 g/mol. The fourth-order valence-electron chi connectivity index (χ4n) is 4.42. The molecule has 2 fully saturated rings. The second-order valence-corrected chi connectivity index (χ2v) is 7.71. The van der Waals surface area contributed by atoms with Gasteiger partial charge in [0.15, 0.2) is 0 Å². The predicted molar refractivity (Wildman–Crippen MR) is 105 cm³/mol. The van der Waals surface area contributed by atoms with Gasteiger partial charge in [-0.05, 0) is 50.7 Å². The van der Waals surface area contributed by atoms with E-state index >= 15 is 0 Å². The minimum atomic E-state index is 0.268. The maximum absolute atomic E-state index is 13.5. The molecule has 0 atom stereocenters. The van der Waals surface area contributed by atoms with Crippen molar-refractivity contribution < 1.29 is 4.79 Å². The SMILES string of the molecule is CCCCCN(C(=O)c1ccccc1N1CCCCC1)C1CCCC1. The Bertz CT molecular complexity index is 545. The van der Waals surface area contributed by atoms with E-state index < -0.39 is 0 Å². The maximum atomic E-state index is 13.5. The van der Waals surface area contributed by atoms with Gasteiger partial charge >= 0.3 is 0 Å². The summed E-state index contributed by atoms with van der Waals surface area (Å²) in [7, 11) is 0. The van der Waals surface area contributed by atoms with Crippen LogP contribution >= 0.6 is 0 Å². The molecule has 2 aliphatic rings. The van der Waals surface area contributed by atoms with Crippen LogP contribution in [-0.2, 0) is 0 Å². The van der Waals surface area contributed by atoms with Crippen molar-refractivity contribution in [3.63, 3.8) is 0 Å². The van der Waals surface area contributed by atoms with E-state index in [-0.39, 0.29) is 5.91 Å². The Morgan fingerprint density at radius 2 is 1.76 bits per heavy atom. The molecular weight excluding hydrogens is 308 g/mol. The highest BCUT2D eigenvalue weighted by molar-refractivity contribution is 6.00. The standard InChI is InChI=1S/C22H34N2O/c1-2-3-9-18-24(19-12-5-6-13-19)22(25)20-14-7-8-15-21(20)23-16-10-4-11-17-23/h7-8,14-15,19H,2-6,9-13,16-18H2,1H3. The number of nitrogens with zero attached hydrogens (tertiary/aromatic N) is 2. The third-order valence-corrected chi connectivity index (χ3v) is 5.86. The summed E-state index contributed by atoms with van der Waals surface area (Å²) in [5.74, 6) is 0.268. The summed E-state index contributed by atoms with van der Waals surface area (Å²) in [5, 5.41) is 0. The van der Waals surface area contributed by atoms with Crippen molar-refractivity contribution in [2.24, 2.45) is 0 Å². The number of carbonyl (C=O) groups is 1. The molecule has 0 bridgehead atoms. The number of benzene rings is 1. The number of hydrogen-bond acceptors (Lipinski definition) is 2. The lowest BCUT2D eigenvalue weighted by Gasteiger charge is -2.33. The van der Waals surface area contributed by atoms with Crippen molar-refractivity contribution in [3.8, 4) is 0 Å². The number of anilines is 1. The predicted octanol–water partition coefficient (Wildman–Crippen LogP) is 5.25. The number of carbonyl (C=O) groups excluding carboxylic acids is 1. The Kier molecular flexibility index (Phi) is 6.77. The lowest BCUT2D eigenvalue weighted by atomic mass is 10.0. The molecule has 0 radical (unpaired) electrons. The van der Waals surface area contributed by atoms with Crippen LogP contribution in [0.15, 0.2) is 24.3 Å². The number of para-hydroxylation sites is 1. The summed E-state index contributed by atoms with van der Waals surface area (Å²) in [6, 6.07) is 8.77. The molecule has 1 saturated carbocycles. The summed E-state index contributed by atoms with van der Waals surface area (Å²) in [6.07, 6.45) is 12.3. The van der Waals surface area contributed by atoms with Crippen LogP contribution in [0.4, 0.5) is 5.69 Å². The Morgan fingerprint density at radius 3 is 2.48 bits per heavy atom. The van der Waals surface area contributed by atoms with Crippen molar-refractivity contribution in [1.82, 2.24) is 4.90 Å². The van der Waals surface area contributed by atoms with E-state index in [2.05, 4.69) is 28.9 Å². The molecule has 138 valence electrons. The molecule has 1 aromatic rings. The van der Waals surface area contributed by atoms with Crippen LogP contribution in [0.5, 0.6) is 0 Å². The summed E-state index contributed by atoms with van der Waals surface area (Å²) < 4.78 is 0. The van der Waals surface area contributed by atoms with Crippen LogP contribution in [0.3, 0.4) is 0 Å². The first-order chi connectivity index (χ1) is 12.3. The number of rotatable bonds is 7. The van der Waals surface area contributed by atoms with Gasteiger partial charge in [-0.25, -0.2) is 0 Å². The van der Waals surface area contributed by atoms with Gasteiger partial charge in [0.1, 0.15) is 0 Å². The van der Waals surface area contributed by atoms with Gasteiger partial charge < -0.3 is 9.80 Å². The fourth-order valence-corrected chi connectivity index (χ4v) is 4.42. The smallest absolute Gasteiger partial charge is 0.256 e. The minimum absolute atomic E-state index is 0.268. The van der Waals surface area contributed by atoms with Gasteiger partial charge in [-0.15, -0.1) is 0 Å². The minimum Gasteiger partial charge on any atom is -0.371 e. The number of piperidine rings is 1. The number of amides is 1. The Balaban J connectivity index is 1.80. The van der Waals surface area contributed by atoms with Crippen molar-refractivity contribution in [1.29, 1.82) is 0 Å². The van der Waals surface area contributed by atoms with Crippen molar-refractivity contribution >= 4 is 11.6 Å². The Morgan fingerprint density at radius 1 is 1.04 bits per heavy atom. The molecule has 0 spiro atoms. The summed E-state index contributed by atoms with van der Waals surface area (Å²) in [4.78, 5) is 18.1. The molecule has 0 unspecified atom stereocenters. The van der Waals surface area contributed by atoms with Gasteiger partial charge in [-0.1, -0.05) is 44.7 Å². The summed E-state index contributed by atoms with van der Waals surface area (Å²) in [5.41, 5.74) is 2.08. The van der Waals surface area contributed by atoms with E-state index in [0.717, 1.165) is 37.3 Å². The van der Waals surface area contributed by atoms with Gasteiger partial charge in [0.05, 0.1) is 5.56 Å². The second kappa shape index (κ2) is 9.26. The lowest BCUT2D eigenvalue weighted by Crippen LogP contribution is -2.40. The fraction of sp³-hybridized carbons (Fsp3) is 0.682. The van der Waals surface area contributed by atoms with Crippen LogP contribution in [0, 0.1) is 0 Å². The van der Waals surface area contributed by atoms with Crippen LogP contribution in [0.25, 0.3) is 0 Å². The van der Waals surface area contributed by atoms with Crippen molar-refractivity contribution in [2.75, 3.05) is 24.5 Å². The highest BCUT2D eigenvalue weighted by Gasteiger charge is 2.29. The van der Waals surface area contributed by atoms with E-state index in [4.69, 9.17) is 0 Å². The highest BCUT2D eigenvalue weighted by atomic mass is 16.2. The first-order valence-electron chi connectivity index (χ1n) is 10.5. The maximum Gasteiger partial charge on any atom is 0.256 e. The lowest BCUT2D eigenvalue weighted by molar-refractivity contribution is 0.0678. The van der Waals surface area contributed by atoms with Gasteiger partial charge in [-0.3, -0.25) is 4.79 Å². The van der Waals surface area contributed by atoms with Gasteiger partial charge in [0, 0.05) is 31.4 Å². The molecule has 3 rings (SSSR count). The molecule has 25 heavy (non-hydrogen) atoms. The molecular formula is C22H34N2O. The molecule has 1 aliphatic heterocycles. The number of hydrogen-bond donors (Lipinski definition) is 0. The van der Waals surface area contributed by atoms with Gasteiger partial charge in [-0.2, -0.15) is 0 Å². The molecule has 1 saturated heterocycles. The van der Waals surface area contributed by atoms with E-state index in [1.807, 2.05) is 12.1 Å². The van der Waals surface area contributed by atoms with Crippen LogP contribution in [0.2, 0.25) is 0 Å². The Hall–Kier alpha value is -1.51. The summed E-state index contributed by atoms with van der Waals surface area (Å²) >= 11 is 0. The normalized spacial score (nSPS) is 18.5. The number of unbranched alkanes of at least 4 members (excludes halogenated alkanes) is 2. The zero-order chi connectivity index (χ0) is 17.5. The quantitative estimate of drug-likeness (QED) is 0.632. The highest BCUT2D eigenvalue weighted by Crippen LogP contribution is 2.29. The molecule has 0 aromatic heterocycles. The van der Waals surface area contributed by atoms with Crippen LogP contribution in [0.1, 0.15) is 81.5 Å².